The fraction of sp³-hybridized carbons (Fsp3) is 0.176. The monoisotopic (exact) mass is 279 g/mol. The Kier molecular flexibility index (Phi) is 3.69. The van der Waals surface area contributed by atoms with Gasteiger partial charge < -0.3 is 9.42 Å². The van der Waals surface area contributed by atoms with Gasteiger partial charge in [-0.1, -0.05) is 53.2 Å². The molecule has 0 radical (unpaired) electrons. The number of hydrogen-bond donors (Lipinski definition) is 0. The maximum atomic E-state index is 5.34. The number of anilines is 1. The summed E-state index contributed by atoms with van der Waals surface area (Å²) in [4.78, 5) is 6.53. The van der Waals surface area contributed by atoms with Crippen LogP contribution in [-0.2, 0) is 6.54 Å². The summed E-state index contributed by atoms with van der Waals surface area (Å²) in [7, 11) is 2.01. The molecule has 0 saturated heterocycles. The summed E-state index contributed by atoms with van der Waals surface area (Å²) in [5.41, 5.74) is 3.30. The van der Waals surface area contributed by atoms with Crippen LogP contribution in [0.4, 0.5) is 5.69 Å². The summed E-state index contributed by atoms with van der Waals surface area (Å²) in [5.74, 6) is 1.24. The van der Waals surface area contributed by atoms with E-state index in [9.17, 15) is 0 Å². The van der Waals surface area contributed by atoms with Gasteiger partial charge >= 0.3 is 0 Å². The van der Waals surface area contributed by atoms with Crippen LogP contribution >= 0.6 is 0 Å². The molecule has 21 heavy (non-hydrogen) atoms. The highest BCUT2D eigenvalue weighted by Gasteiger charge is 2.10. The van der Waals surface area contributed by atoms with Gasteiger partial charge in [-0.05, 0) is 19.1 Å². The maximum Gasteiger partial charge on any atom is 0.246 e. The molecule has 106 valence electrons. The van der Waals surface area contributed by atoms with Crippen LogP contribution in [0.5, 0.6) is 0 Å². The number of benzene rings is 2. The molecule has 0 N–H and O–H groups in total. The molecule has 0 atom stereocenters. The van der Waals surface area contributed by atoms with Gasteiger partial charge in [-0.2, -0.15) is 4.98 Å². The van der Waals surface area contributed by atoms with Crippen molar-refractivity contribution in [2.75, 3.05) is 11.9 Å². The third-order valence-electron chi connectivity index (χ3n) is 3.35. The van der Waals surface area contributed by atoms with Crippen molar-refractivity contribution in [3.05, 3.63) is 66.1 Å². The van der Waals surface area contributed by atoms with Crippen LogP contribution in [0, 0.1) is 6.92 Å². The number of hydrogen-bond acceptors (Lipinski definition) is 4. The topological polar surface area (TPSA) is 42.2 Å². The minimum atomic E-state index is 0.586. The number of para-hydroxylation sites is 1. The van der Waals surface area contributed by atoms with Crippen molar-refractivity contribution >= 4 is 5.69 Å². The van der Waals surface area contributed by atoms with Crippen LogP contribution in [0.25, 0.3) is 11.4 Å². The van der Waals surface area contributed by atoms with Gasteiger partial charge in [0.1, 0.15) is 0 Å². The zero-order chi connectivity index (χ0) is 14.7. The summed E-state index contributed by atoms with van der Waals surface area (Å²) in [6, 6.07) is 18.2. The highest BCUT2D eigenvalue weighted by atomic mass is 16.5. The summed E-state index contributed by atoms with van der Waals surface area (Å²) < 4.78 is 5.34. The van der Waals surface area contributed by atoms with Gasteiger partial charge in [0.25, 0.3) is 0 Å². The average Bonchev–Trinajstić information content (AvgIpc) is 2.97. The van der Waals surface area contributed by atoms with Gasteiger partial charge in [-0.3, -0.25) is 0 Å². The van der Waals surface area contributed by atoms with E-state index in [0.29, 0.717) is 18.3 Å². The van der Waals surface area contributed by atoms with Crippen LogP contribution in [0.15, 0.2) is 59.1 Å². The molecular formula is C17H17N3O. The molecule has 1 aromatic heterocycles. The first kappa shape index (κ1) is 13.4. The average molecular weight is 279 g/mol. The molecule has 4 heteroatoms. The normalized spacial score (nSPS) is 10.6. The van der Waals surface area contributed by atoms with E-state index in [1.807, 2.05) is 49.5 Å². The lowest BCUT2D eigenvalue weighted by Gasteiger charge is -2.16. The van der Waals surface area contributed by atoms with Crippen molar-refractivity contribution in [3.8, 4) is 11.4 Å². The van der Waals surface area contributed by atoms with Crippen LogP contribution in [0.1, 0.15) is 11.5 Å². The van der Waals surface area contributed by atoms with Crippen LogP contribution in [0.2, 0.25) is 0 Å². The van der Waals surface area contributed by atoms with E-state index in [1.54, 1.807) is 0 Å². The van der Waals surface area contributed by atoms with Crippen molar-refractivity contribution in [2.24, 2.45) is 0 Å². The van der Waals surface area contributed by atoms with Gasteiger partial charge in [0.05, 0.1) is 6.54 Å². The molecular weight excluding hydrogens is 262 g/mol. The minimum absolute atomic E-state index is 0.586. The van der Waals surface area contributed by atoms with E-state index >= 15 is 0 Å². The molecule has 3 aromatic rings. The zero-order valence-electron chi connectivity index (χ0n) is 12.2. The summed E-state index contributed by atoms with van der Waals surface area (Å²) in [5, 5.41) is 4.05. The Morgan fingerprint density at radius 2 is 1.71 bits per heavy atom. The number of rotatable bonds is 4. The Bertz CT molecular complexity index is 704. The Hall–Kier alpha value is -2.62. The molecule has 0 spiro atoms. The lowest BCUT2D eigenvalue weighted by Crippen LogP contribution is -2.16. The lowest BCUT2D eigenvalue weighted by atomic mass is 10.1. The fourth-order valence-electron chi connectivity index (χ4n) is 2.12. The molecule has 0 amide bonds. The molecule has 4 nitrogen and oxygen atoms in total. The van der Waals surface area contributed by atoms with E-state index in [4.69, 9.17) is 4.52 Å². The Morgan fingerprint density at radius 1 is 1.00 bits per heavy atom. The molecule has 3 rings (SSSR count). The molecule has 1 heterocycles. The molecule has 0 unspecified atom stereocenters. The SMILES string of the molecule is Cc1ccc(-c2noc(CN(C)c3ccccc3)n2)cc1. The largest absolute Gasteiger partial charge is 0.365 e. The Morgan fingerprint density at radius 3 is 2.43 bits per heavy atom. The Labute approximate surface area is 124 Å². The van der Waals surface area contributed by atoms with E-state index in [-0.39, 0.29) is 0 Å². The molecule has 0 aliphatic rings. The second-order valence-electron chi connectivity index (χ2n) is 5.07. The third kappa shape index (κ3) is 3.11. The van der Waals surface area contributed by atoms with Gasteiger partial charge in [0.2, 0.25) is 11.7 Å². The molecule has 0 saturated carbocycles. The van der Waals surface area contributed by atoms with Gasteiger partial charge in [0.15, 0.2) is 0 Å². The quantitative estimate of drug-likeness (QED) is 0.730. The van der Waals surface area contributed by atoms with Crippen LogP contribution in [0.3, 0.4) is 0 Å². The Balaban J connectivity index is 1.75. The highest BCUT2D eigenvalue weighted by Crippen LogP contribution is 2.18. The molecule has 0 fully saturated rings. The first-order valence-electron chi connectivity index (χ1n) is 6.88. The van der Waals surface area contributed by atoms with Crippen LogP contribution in [-0.4, -0.2) is 17.2 Å². The van der Waals surface area contributed by atoms with Gasteiger partial charge in [-0.25, -0.2) is 0 Å². The van der Waals surface area contributed by atoms with Gasteiger partial charge in [0, 0.05) is 18.3 Å². The maximum absolute atomic E-state index is 5.34. The van der Waals surface area contributed by atoms with Crippen LogP contribution < -0.4 is 4.90 Å². The number of aryl methyl sites for hydroxylation is 1. The van der Waals surface area contributed by atoms with Crippen molar-refractivity contribution in [2.45, 2.75) is 13.5 Å². The van der Waals surface area contributed by atoms with E-state index in [2.05, 4.69) is 34.1 Å². The molecule has 0 aliphatic carbocycles. The standard InChI is InChI=1S/C17H17N3O/c1-13-8-10-14(11-9-13)17-18-16(21-19-17)12-20(2)15-6-4-3-5-7-15/h3-11H,12H2,1-2H3. The van der Waals surface area contributed by atoms with Crippen molar-refractivity contribution < 1.29 is 4.52 Å². The predicted molar refractivity (Wildman–Crippen MR) is 83.0 cm³/mol. The number of nitrogens with zero attached hydrogens (tertiary/aromatic N) is 3. The first-order chi connectivity index (χ1) is 10.2. The summed E-state index contributed by atoms with van der Waals surface area (Å²) in [6.07, 6.45) is 0. The van der Waals surface area contributed by atoms with E-state index in [0.717, 1.165) is 11.3 Å². The highest BCUT2D eigenvalue weighted by molar-refractivity contribution is 5.54. The van der Waals surface area contributed by atoms with Gasteiger partial charge in [-0.15, -0.1) is 0 Å². The summed E-state index contributed by atoms with van der Waals surface area (Å²) >= 11 is 0. The van der Waals surface area contributed by atoms with E-state index < -0.39 is 0 Å². The number of aromatic nitrogens is 2. The predicted octanol–water partition coefficient (Wildman–Crippen LogP) is 3.68. The van der Waals surface area contributed by atoms with Crippen molar-refractivity contribution in [1.82, 2.24) is 10.1 Å². The second kappa shape index (κ2) is 5.79. The van der Waals surface area contributed by atoms with E-state index in [1.165, 1.54) is 5.56 Å². The second-order valence-corrected chi connectivity index (χ2v) is 5.07. The molecule has 2 aromatic carbocycles. The van der Waals surface area contributed by atoms with Crippen molar-refractivity contribution in [1.29, 1.82) is 0 Å². The van der Waals surface area contributed by atoms with Crippen molar-refractivity contribution in [3.63, 3.8) is 0 Å². The zero-order valence-corrected chi connectivity index (χ0v) is 12.2. The third-order valence-corrected chi connectivity index (χ3v) is 3.35. The first-order valence-corrected chi connectivity index (χ1v) is 6.88. The molecule has 0 aliphatic heterocycles. The smallest absolute Gasteiger partial charge is 0.246 e. The fourth-order valence-corrected chi connectivity index (χ4v) is 2.12. The molecule has 0 bridgehead atoms. The summed E-state index contributed by atoms with van der Waals surface area (Å²) in [6.45, 7) is 2.64. The lowest BCUT2D eigenvalue weighted by molar-refractivity contribution is 0.378. The minimum Gasteiger partial charge on any atom is -0.365 e.